The molecule has 2 amide bonds. The van der Waals surface area contributed by atoms with E-state index >= 15 is 0 Å². The number of nitrogens with zero attached hydrogens (tertiary/aromatic N) is 4. The van der Waals surface area contributed by atoms with Crippen molar-refractivity contribution in [3.63, 3.8) is 0 Å². The van der Waals surface area contributed by atoms with Crippen LogP contribution in [-0.2, 0) is 9.53 Å². The van der Waals surface area contributed by atoms with Crippen LogP contribution in [0.15, 0.2) is 42.6 Å². The summed E-state index contributed by atoms with van der Waals surface area (Å²) < 4.78 is 32.4. The molecule has 5 rings (SSSR count). The minimum Gasteiger partial charge on any atom is -0.343 e. The molecule has 1 aromatic carbocycles. The number of carbonyl (C=O) groups excluding carboxylic acids is 2. The smallest absolute Gasteiger partial charge is 0.333 e. The fourth-order valence-electron chi connectivity index (χ4n) is 4.62. The number of halogens is 2. The van der Waals surface area contributed by atoms with Crippen LogP contribution in [0.5, 0.6) is 0 Å². The predicted molar refractivity (Wildman–Crippen MR) is 92.3 cm³/mol. The van der Waals surface area contributed by atoms with Crippen molar-refractivity contribution in [3.05, 3.63) is 53.9 Å². The topological polar surface area (TPSA) is 67.7 Å². The summed E-state index contributed by atoms with van der Waals surface area (Å²) in [6, 6.07) is 10.5. The van der Waals surface area contributed by atoms with E-state index < -0.39 is 24.2 Å². The highest BCUT2D eigenvalue weighted by Crippen LogP contribution is 2.50. The Labute approximate surface area is 159 Å². The lowest BCUT2D eigenvalue weighted by Crippen LogP contribution is -2.48. The van der Waals surface area contributed by atoms with Gasteiger partial charge in [0.2, 0.25) is 5.91 Å². The van der Waals surface area contributed by atoms with E-state index in [4.69, 9.17) is 4.74 Å². The van der Waals surface area contributed by atoms with Crippen LogP contribution < -0.4 is 0 Å². The molecule has 3 aliphatic heterocycles. The second kappa shape index (κ2) is 6.10. The maximum absolute atomic E-state index is 12.9. The first-order valence-corrected chi connectivity index (χ1v) is 9.17. The van der Waals surface area contributed by atoms with Gasteiger partial charge in [0.05, 0.1) is 19.0 Å². The average molecular weight is 388 g/mol. The van der Waals surface area contributed by atoms with Gasteiger partial charge >= 0.3 is 6.55 Å². The van der Waals surface area contributed by atoms with Gasteiger partial charge < -0.3 is 14.5 Å². The number of likely N-dealkylation sites (tertiary alicyclic amines) is 1. The maximum atomic E-state index is 12.9. The van der Waals surface area contributed by atoms with Gasteiger partial charge in [-0.05, 0) is 11.6 Å². The largest absolute Gasteiger partial charge is 0.343 e. The summed E-state index contributed by atoms with van der Waals surface area (Å²) >= 11 is 0. The van der Waals surface area contributed by atoms with Gasteiger partial charge in [-0.3, -0.25) is 9.59 Å². The van der Waals surface area contributed by atoms with E-state index in [2.05, 4.69) is 5.10 Å². The van der Waals surface area contributed by atoms with Gasteiger partial charge in [0, 0.05) is 19.2 Å². The molecular weight excluding hydrogens is 370 g/mol. The summed E-state index contributed by atoms with van der Waals surface area (Å²) in [5.41, 5.74) is 0.0811. The highest BCUT2D eigenvalue weighted by molar-refractivity contribution is 5.94. The molecule has 0 radical (unpaired) electrons. The lowest BCUT2D eigenvalue weighted by atomic mass is 10.1. The highest BCUT2D eigenvalue weighted by atomic mass is 19.3. The lowest BCUT2D eigenvalue weighted by Gasteiger charge is -2.31. The molecular formula is C19H18F2N4O3. The van der Waals surface area contributed by atoms with E-state index in [1.165, 1.54) is 6.07 Å². The van der Waals surface area contributed by atoms with Gasteiger partial charge in [0.1, 0.15) is 6.10 Å². The van der Waals surface area contributed by atoms with Crippen LogP contribution in [0.3, 0.4) is 0 Å². The van der Waals surface area contributed by atoms with Crippen LogP contribution in [0.1, 0.15) is 41.5 Å². The summed E-state index contributed by atoms with van der Waals surface area (Å²) in [6.07, 6.45) is 1.49. The van der Waals surface area contributed by atoms with Crippen molar-refractivity contribution in [1.82, 2.24) is 19.6 Å². The Morgan fingerprint density at radius 3 is 2.75 bits per heavy atom. The fraction of sp³-hybridized carbons (Fsp3) is 0.421. The molecule has 3 saturated heterocycles. The van der Waals surface area contributed by atoms with Crippen LogP contribution in [0.2, 0.25) is 0 Å². The van der Waals surface area contributed by atoms with E-state index in [0.717, 1.165) is 11.8 Å². The Hall–Kier alpha value is -2.81. The first kappa shape index (κ1) is 17.3. The summed E-state index contributed by atoms with van der Waals surface area (Å²) in [6.45, 7) is -1.97. The molecule has 0 bridgehead atoms. The monoisotopic (exact) mass is 388 g/mol. The van der Waals surface area contributed by atoms with Gasteiger partial charge in [-0.25, -0.2) is 4.68 Å². The van der Waals surface area contributed by atoms with Gasteiger partial charge in [-0.1, -0.05) is 30.3 Å². The van der Waals surface area contributed by atoms with E-state index in [1.807, 2.05) is 30.3 Å². The van der Waals surface area contributed by atoms with E-state index in [0.29, 0.717) is 24.2 Å². The van der Waals surface area contributed by atoms with E-state index in [1.54, 1.807) is 9.80 Å². The van der Waals surface area contributed by atoms with Gasteiger partial charge in [-0.2, -0.15) is 13.9 Å². The zero-order chi connectivity index (χ0) is 19.5. The second-order valence-electron chi connectivity index (χ2n) is 7.29. The SMILES string of the molecule is O=C(c1ccn(C(F)F)n1)N1CC[C@@]23O[C@H](c4ccccc4)CN2C(=O)C[C@@H]13. The van der Waals surface area contributed by atoms with E-state index in [-0.39, 0.29) is 24.1 Å². The normalized spacial score (nSPS) is 28.9. The molecule has 7 nitrogen and oxygen atoms in total. The fourth-order valence-corrected chi connectivity index (χ4v) is 4.62. The third-order valence-corrected chi connectivity index (χ3v) is 5.89. The van der Waals surface area contributed by atoms with Crippen LogP contribution in [-0.4, -0.2) is 56.3 Å². The number of hydrogen-bond donors (Lipinski definition) is 0. The van der Waals surface area contributed by atoms with Crippen molar-refractivity contribution >= 4 is 11.8 Å². The molecule has 2 aromatic rings. The Kier molecular flexibility index (Phi) is 3.77. The van der Waals surface area contributed by atoms with Crippen molar-refractivity contribution in [1.29, 1.82) is 0 Å². The first-order valence-electron chi connectivity index (χ1n) is 9.17. The summed E-state index contributed by atoms with van der Waals surface area (Å²) in [4.78, 5) is 28.8. The molecule has 9 heteroatoms. The third kappa shape index (κ3) is 2.39. The summed E-state index contributed by atoms with van der Waals surface area (Å²) in [5.74, 6) is -0.512. The van der Waals surface area contributed by atoms with Crippen molar-refractivity contribution in [2.24, 2.45) is 0 Å². The Balaban J connectivity index is 1.42. The van der Waals surface area contributed by atoms with Crippen LogP contribution in [0.25, 0.3) is 0 Å². The lowest BCUT2D eigenvalue weighted by molar-refractivity contribution is -0.138. The number of alkyl halides is 2. The van der Waals surface area contributed by atoms with E-state index in [9.17, 15) is 18.4 Å². The molecule has 3 fully saturated rings. The van der Waals surface area contributed by atoms with Crippen LogP contribution >= 0.6 is 0 Å². The number of carbonyl (C=O) groups is 2. The van der Waals surface area contributed by atoms with Crippen molar-refractivity contribution in [2.75, 3.05) is 13.1 Å². The van der Waals surface area contributed by atoms with Gasteiger partial charge in [0.15, 0.2) is 11.4 Å². The molecule has 1 spiro atoms. The van der Waals surface area contributed by atoms with Crippen LogP contribution in [0, 0.1) is 0 Å². The molecule has 0 aliphatic carbocycles. The molecule has 146 valence electrons. The van der Waals surface area contributed by atoms with Gasteiger partial charge in [-0.15, -0.1) is 0 Å². The van der Waals surface area contributed by atoms with Crippen molar-refractivity contribution in [3.8, 4) is 0 Å². The molecule has 0 N–H and O–H groups in total. The number of ether oxygens (including phenoxy) is 1. The molecule has 0 unspecified atom stereocenters. The maximum Gasteiger partial charge on any atom is 0.333 e. The zero-order valence-corrected chi connectivity index (χ0v) is 14.9. The zero-order valence-electron chi connectivity index (χ0n) is 14.9. The molecule has 3 aliphatic rings. The molecule has 1 aromatic heterocycles. The molecule has 3 atom stereocenters. The number of rotatable bonds is 3. The van der Waals surface area contributed by atoms with Crippen molar-refractivity contribution in [2.45, 2.75) is 37.3 Å². The summed E-state index contributed by atoms with van der Waals surface area (Å²) in [7, 11) is 0. The number of benzene rings is 1. The number of amides is 2. The Bertz CT molecular complexity index is 934. The minimum atomic E-state index is -2.81. The number of aromatic nitrogens is 2. The first-order chi connectivity index (χ1) is 13.5. The quantitative estimate of drug-likeness (QED) is 0.809. The summed E-state index contributed by atoms with van der Waals surface area (Å²) in [5, 5.41) is 3.67. The third-order valence-electron chi connectivity index (χ3n) is 5.89. The molecule has 4 heterocycles. The predicted octanol–water partition coefficient (Wildman–Crippen LogP) is 2.19. The second-order valence-corrected chi connectivity index (χ2v) is 7.29. The standard InChI is InChI=1S/C19H18F2N4O3/c20-18(21)25-8-6-13(22-25)17(27)23-9-7-19-15(23)10-16(26)24(19)11-14(28-19)12-4-2-1-3-5-12/h1-6,8,14-15,18H,7,9-11H2/t14-,15+,19-/m0/s1. The molecule has 0 saturated carbocycles. The molecule has 28 heavy (non-hydrogen) atoms. The average Bonchev–Trinajstić information content (AvgIpc) is 3.43. The Morgan fingerprint density at radius 1 is 1.25 bits per heavy atom. The van der Waals surface area contributed by atoms with Crippen molar-refractivity contribution < 1.29 is 23.1 Å². The Morgan fingerprint density at radius 2 is 2.04 bits per heavy atom. The van der Waals surface area contributed by atoms with Gasteiger partial charge in [0.25, 0.3) is 5.91 Å². The van der Waals surface area contributed by atoms with Crippen LogP contribution in [0.4, 0.5) is 8.78 Å². The minimum absolute atomic E-state index is 0.0548. The number of hydrogen-bond acceptors (Lipinski definition) is 4. The highest BCUT2D eigenvalue weighted by Gasteiger charge is 2.65.